The first-order valence-electron chi connectivity index (χ1n) is 9.64. The maximum Gasteiger partial charge on any atom is 0.335 e. The lowest BCUT2D eigenvalue weighted by atomic mass is 9.88. The van der Waals surface area contributed by atoms with Crippen molar-refractivity contribution in [1.82, 2.24) is 4.90 Å². The molecule has 7 heteroatoms. The van der Waals surface area contributed by atoms with Gasteiger partial charge in [0, 0.05) is 22.7 Å². The zero-order valence-electron chi connectivity index (χ0n) is 16.5. The summed E-state index contributed by atoms with van der Waals surface area (Å²) in [6, 6.07) is 15.0. The number of carbonyl (C=O) groups is 2. The lowest BCUT2D eigenvalue weighted by Gasteiger charge is -2.53. The second kappa shape index (κ2) is 6.64. The minimum atomic E-state index is -0.961. The average molecular weight is 423 g/mol. The number of fused-ring (bicyclic) bond motifs is 4. The SMILES string of the molecule is Cc1ccc(N2C(=O)N(C(=O)c3ccco3)[C@H]3C[C@]2(C)Oc2ccc(Cl)cc23)cc1. The van der Waals surface area contributed by atoms with Crippen LogP contribution in [0.1, 0.15) is 41.1 Å². The van der Waals surface area contributed by atoms with Crippen LogP contribution in [0.4, 0.5) is 10.5 Å². The van der Waals surface area contributed by atoms with Crippen molar-refractivity contribution in [3.8, 4) is 5.75 Å². The number of nitrogens with zero attached hydrogens (tertiary/aromatic N) is 2. The summed E-state index contributed by atoms with van der Waals surface area (Å²) in [6.45, 7) is 3.84. The Morgan fingerprint density at radius 2 is 1.93 bits per heavy atom. The number of hydrogen-bond acceptors (Lipinski definition) is 4. The summed E-state index contributed by atoms with van der Waals surface area (Å²) in [5.74, 6) is 0.202. The third-order valence-corrected chi connectivity index (χ3v) is 5.89. The first-order valence-corrected chi connectivity index (χ1v) is 10.0. The summed E-state index contributed by atoms with van der Waals surface area (Å²) in [5, 5.41) is 0.514. The van der Waals surface area contributed by atoms with Gasteiger partial charge in [-0.15, -0.1) is 0 Å². The van der Waals surface area contributed by atoms with Crippen molar-refractivity contribution in [1.29, 1.82) is 0 Å². The molecule has 152 valence electrons. The smallest absolute Gasteiger partial charge is 0.335 e. The van der Waals surface area contributed by atoms with E-state index in [1.54, 1.807) is 35.2 Å². The molecule has 1 saturated heterocycles. The van der Waals surface area contributed by atoms with Gasteiger partial charge in [-0.05, 0) is 56.3 Å². The Hall–Kier alpha value is -3.25. The van der Waals surface area contributed by atoms with Crippen LogP contribution in [0, 0.1) is 6.92 Å². The fourth-order valence-corrected chi connectivity index (χ4v) is 4.44. The second-order valence-electron chi connectivity index (χ2n) is 7.79. The van der Waals surface area contributed by atoms with Crippen molar-refractivity contribution < 1.29 is 18.7 Å². The molecule has 0 saturated carbocycles. The fourth-order valence-electron chi connectivity index (χ4n) is 4.26. The zero-order chi connectivity index (χ0) is 21.0. The molecule has 0 unspecified atom stereocenters. The van der Waals surface area contributed by atoms with Gasteiger partial charge < -0.3 is 9.15 Å². The van der Waals surface area contributed by atoms with Crippen LogP contribution in [-0.2, 0) is 0 Å². The number of amides is 3. The molecular weight excluding hydrogens is 404 g/mol. The predicted octanol–water partition coefficient (Wildman–Crippen LogP) is 5.56. The summed E-state index contributed by atoms with van der Waals surface area (Å²) >= 11 is 6.22. The van der Waals surface area contributed by atoms with Gasteiger partial charge in [-0.1, -0.05) is 29.3 Å². The van der Waals surface area contributed by atoms with Gasteiger partial charge in [-0.3, -0.25) is 9.69 Å². The molecule has 3 aromatic rings. The number of halogens is 1. The van der Waals surface area contributed by atoms with Crippen LogP contribution >= 0.6 is 11.6 Å². The van der Waals surface area contributed by atoms with Crippen LogP contribution in [0.15, 0.2) is 65.3 Å². The molecule has 0 N–H and O–H groups in total. The van der Waals surface area contributed by atoms with E-state index >= 15 is 0 Å². The minimum absolute atomic E-state index is 0.103. The molecule has 3 heterocycles. The van der Waals surface area contributed by atoms with Gasteiger partial charge in [0.15, 0.2) is 11.5 Å². The maximum atomic E-state index is 13.7. The zero-order valence-corrected chi connectivity index (χ0v) is 17.2. The Morgan fingerprint density at radius 1 is 1.17 bits per heavy atom. The van der Waals surface area contributed by atoms with Gasteiger partial charge in [-0.2, -0.15) is 0 Å². The monoisotopic (exact) mass is 422 g/mol. The second-order valence-corrected chi connectivity index (χ2v) is 8.22. The van der Waals surface area contributed by atoms with Crippen LogP contribution in [0.25, 0.3) is 0 Å². The number of furan rings is 1. The highest BCUT2D eigenvalue weighted by Crippen LogP contribution is 2.50. The number of carbonyl (C=O) groups excluding carboxylic acids is 2. The van der Waals surface area contributed by atoms with Crippen molar-refractivity contribution in [2.45, 2.75) is 32.0 Å². The van der Waals surface area contributed by atoms with Crippen molar-refractivity contribution in [2.75, 3.05) is 4.90 Å². The Bertz CT molecular complexity index is 1140. The largest absolute Gasteiger partial charge is 0.467 e. The first-order chi connectivity index (χ1) is 14.4. The van der Waals surface area contributed by atoms with Crippen molar-refractivity contribution in [3.05, 3.63) is 82.8 Å². The summed E-state index contributed by atoms with van der Waals surface area (Å²) in [6.07, 6.45) is 1.81. The van der Waals surface area contributed by atoms with Gasteiger partial charge in [0.2, 0.25) is 0 Å². The quantitative estimate of drug-likeness (QED) is 0.542. The molecule has 5 rings (SSSR count). The van der Waals surface area contributed by atoms with Gasteiger partial charge in [0.1, 0.15) is 5.75 Å². The van der Waals surface area contributed by atoms with E-state index in [1.807, 2.05) is 38.1 Å². The molecule has 3 amide bonds. The number of benzene rings is 2. The molecule has 1 fully saturated rings. The highest BCUT2D eigenvalue weighted by Gasteiger charge is 2.55. The Balaban J connectivity index is 1.69. The molecule has 2 atom stereocenters. The molecular formula is C23H19ClN2O4. The standard InChI is InChI=1S/C23H19ClN2O4/c1-14-5-8-16(9-6-14)26-22(28)25(21(27)20-4-3-11-29-20)18-13-23(26,2)30-19-10-7-15(24)12-17(18)19/h3-12,18H,13H2,1-2H3/t18-,23-/m0/s1. The topological polar surface area (TPSA) is 63.0 Å². The highest BCUT2D eigenvalue weighted by molar-refractivity contribution is 6.30. The van der Waals surface area contributed by atoms with E-state index in [4.69, 9.17) is 20.8 Å². The van der Waals surface area contributed by atoms with E-state index in [0.29, 0.717) is 28.4 Å². The number of urea groups is 1. The van der Waals surface area contributed by atoms with Gasteiger partial charge in [-0.25, -0.2) is 9.69 Å². The molecule has 0 aliphatic carbocycles. The van der Waals surface area contributed by atoms with E-state index in [1.165, 1.54) is 11.2 Å². The third kappa shape index (κ3) is 2.79. The van der Waals surface area contributed by atoms with Gasteiger partial charge in [0.05, 0.1) is 12.3 Å². The van der Waals surface area contributed by atoms with Gasteiger partial charge in [0.25, 0.3) is 5.91 Å². The molecule has 0 radical (unpaired) electrons. The summed E-state index contributed by atoms with van der Waals surface area (Å²) in [7, 11) is 0. The summed E-state index contributed by atoms with van der Waals surface area (Å²) in [5.41, 5.74) is 1.47. The van der Waals surface area contributed by atoms with Crippen molar-refractivity contribution >= 4 is 29.2 Å². The van der Waals surface area contributed by atoms with Crippen LogP contribution in [0.5, 0.6) is 5.75 Å². The molecule has 2 aliphatic heterocycles. The average Bonchev–Trinajstić information content (AvgIpc) is 3.24. The first kappa shape index (κ1) is 18.8. The number of rotatable bonds is 2. The van der Waals surface area contributed by atoms with Crippen molar-refractivity contribution in [3.63, 3.8) is 0 Å². The number of hydrogen-bond donors (Lipinski definition) is 0. The Kier molecular flexibility index (Phi) is 4.15. The van der Waals surface area contributed by atoms with Crippen LogP contribution in [0.3, 0.4) is 0 Å². The van der Waals surface area contributed by atoms with E-state index in [2.05, 4.69) is 0 Å². The van der Waals surface area contributed by atoms with E-state index < -0.39 is 23.7 Å². The lowest BCUT2D eigenvalue weighted by Crippen LogP contribution is -2.67. The molecule has 2 aromatic carbocycles. The van der Waals surface area contributed by atoms with E-state index in [0.717, 1.165) is 5.56 Å². The van der Waals surface area contributed by atoms with Crippen molar-refractivity contribution in [2.24, 2.45) is 0 Å². The third-order valence-electron chi connectivity index (χ3n) is 5.66. The van der Waals surface area contributed by atoms with Gasteiger partial charge >= 0.3 is 6.03 Å². The van der Waals surface area contributed by atoms with E-state index in [-0.39, 0.29) is 5.76 Å². The highest BCUT2D eigenvalue weighted by atomic mass is 35.5. The number of ether oxygens (including phenoxy) is 1. The Labute approximate surface area is 178 Å². The normalized spacial score (nSPS) is 22.5. The van der Waals surface area contributed by atoms with Crippen LogP contribution < -0.4 is 9.64 Å². The Morgan fingerprint density at radius 3 is 2.63 bits per heavy atom. The molecule has 6 nitrogen and oxygen atoms in total. The summed E-state index contributed by atoms with van der Waals surface area (Å²) < 4.78 is 11.6. The molecule has 2 bridgehead atoms. The molecule has 0 spiro atoms. The number of anilines is 1. The maximum absolute atomic E-state index is 13.7. The number of imide groups is 1. The minimum Gasteiger partial charge on any atom is -0.467 e. The molecule has 30 heavy (non-hydrogen) atoms. The fraction of sp³-hybridized carbons (Fsp3) is 0.217. The van der Waals surface area contributed by atoms with E-state index in [9.17, 15) is 9.59 Å². The number of aryl methyl sites for hydroxylation is 1. The lowest BCUT2D eigenvalue weighted by molar-refractivity contribution is 0.00174. The van der Waals surface area contributed by atoms with Crippen LogP contribution in [-0.4, -0.2) is 22.6 Å². The molecule has 2 aliphatic rings. The molecule has 1 aromatic heterocycles. The predicted molar refractivity (Wildman–Crippen MR) is 112 cm³/mol. The summed E-state index contributed by atoms with van der Waals surface area (Å²) in [4.78, 5) is 29.8. The van der Waals surface area contributed by atoms with Crippen LogP contribution in [0.2, 0.25) is 5.02 Å².